The van der Waals surface area contributed by atoms with Gasteiger partial charge in [-0.2, -0.15) is 5.26 Å². The van der Waals surface area contributed by atoms with Gasteiger partial charge in [-0.1, -0.05) is 6.07 Å². The van der Waals surface area contributed by atoms with Gasteiger partial charge in [-0.05, 0) is 24.8 Å². The third-order valence-corrected chi connectivity index (χ3v) is 3.63. The van der Waals surface area contributed by atoms with Crippen LogP contribution in [-0.2, 0) is 9.53 Å². The Bertz CT molecular complexity index is 483. The Morgan fingerprint density at radius 2 is 2.26 bits per heavy atom. The molecule has 102 valence electrons. The number of nitrogens with zero attached hydrogens (tertiary/aromatic N) is 2. The molecule has 0 aromatic heterocycles. The van der Waals surface area contributed by atoms with Crippen LogP contribution in [0.1, 0.15) is 18.4 Å². The van der Waals surface area contributed by atoms with E-state index in [9.17, 15) is 10.1 Å². The van der Waals surface area contributed by atoms with Crippen LogP contribution in [0, 0.1) is 11.3 Å². The summed E-state index contributed by atoms with van der Waals surface area (Å²) in [5, 5.41) is 9.27. The van der Waals surface area contributed by atoms with Crippen molar-refractivity contribution in [2.45, 2.75) is 17.7 Å². The molecule has 0 heterocycles. The molecule has 0 unspecified atom stereocenters. The first-order chi connectivity index (χ1) is 9.13. The molecule has 0 aliphatic rings. The van der Waals surface area contributed by atoms with Gasteiger partial charge in [0.2, 0.25) is 0 Å². The van der Waals surface area contributed by atoms with Gasteiger partial charge < -0.3 is 9.64 Å². The minimum absolute atomic E-state index is 0.202. The summed E-state index contributed by atoms with van der Waals surface area (Å²) in [6.45, 7) is 0.710. The first-order valence-corrected chi connectivity index (χ1v) is 7.21. The lowest BCUT2D eigenvalue weighted by Crippen LogP contribution is -2.20. The number of hydrogen-bond acceptors (Lipinski definition) is 5. The molecule has 4 nitrogen and oxygen atoms in total. The lowest BCUT2D eigenvalue weighted by atomic mass is 10.1. The summed E-state index contributed by atoms with van der Waals surface area (Å²) in [6.07, 6.45) is 3.06. The number of thioether (sulfide) groups is 1. The summed E-state index contributed by atoms with van der Waals surface area (Å²) < 4.78 is 4.61. The van der Waals surface area contributed by atoms with Crippen molar-refractivity contribution in [1.29, 1.82) is 5.26 Å². The van der Waals surface area contributed by atoms with Gasteiger partial charge in [-0.25, -0.2) is 0 Å². The van der Waals surface area contributed by atoms with Crippen LogP contribution in [0.2, 0.25) is 0 Å². The second kappa shape index (κ2) is 7.70. The van der Waals surface area contributed by atoms with Crippen molar-refractivity contribution in [3.8, 4) is 6.07 Å². The van der Waals surface area contributed by atoms with Crippen molar-refractivity contribution < 1.29 is 9.53 Å². The number of hydrogen-bond donors (Lipinski definition) is 0. The Labute approximate surface area is 118 Å². The Morgan fingerprint density at radius 1 is 1.53 bits per heavy atom. The summed E-state index contributed by atoms with van der Waals surface area (Å²) >= 11 is 1.56. The van der Waals surface area contributed by atoms with Crippen LogP contribution < -0.4 is 4.90 Å². The average molecular weight is 278 g/mol. The van der Waals surface area contributed by atoms with Gasteiger partial charge in [0, 0.05) is 24.9 Å². The summed E-state index contributed by atoms with van der Waals surface area (Å²) in [4.78, 5) is 14.0. The Kier molecular flexibility index (Phi) is 6.23. The zero-order valence-corrected chi connectivity index (χ0v) is 12.3. The van der Waals surface area contributed by atoms with E-state index >= 15 is 0 Å². The van der Waals surface area contributed by atoms with Crippen molar-refractivity contribution in [2.75, 3.05) is 31.9 Å². The fraction of sp³-hybridized carbons (Fsp3) is 0.429. The van der Waals surface area contributed by atoms with E-state index in [2.05, 4.69) is 10.8 Å². The SMILES string of the molecule is COC(=O)CCCN(C)c1cccc(SC)c1C#N. The second-order valence-electron chi connectivity index (χ2n) is 4.07. The molecule has 1 aromatic rings. The second-order valence-corrected chi connectivity index (χ2v) is 4.92. The third kappa shape index (κ3) is 4.18. The highest BCUT2D eigenvalue weighted by Gasteiger charge is 2.11. The smallest absolute Gasteiger partial charge is 0.305 e. The molecule has 0 spiro atoms. The van der Waals surface area contributed by atoms with Crippen molar-refractivity contribution in [1.82, 2.24) is 0 Å². The zero-order chi connectivity index (χ0) is 14.3. The highest BCUT2D eigenvalue weighted by Crippen LogP contribution is 2.28. The molecule has 5 heteroatoms. The van der Waals surface area contributed by atoms with E-state index < -0.39 is 0 Å². The summed E-state index contributed by atoms with van der Waals surface area (Å²) in [6, 6.07) is 8.06. The molecule has 0 atom stereocenters. The lowest BCUT2D eigenvalue weighted by molar-refractivity contribution is -0.140. The van der Waals surface area contributed by atoms with E-state index in [0.29, 0.717) is 24.9 Å². The van der Waals surface area contributed by atoms with E-state index in [1.165, 1.54) is 7.11 Å². The molecule has 1 rings (SSSR count). The largest absolute Gasteiger partial charge is 0.469 e. The maximum Gasteiger partial charge on any atom is 0.305 e. The molecular formula is C14H18N2O2S. The van der Waals surface area contributed by atoms with Gasteiger partial charge in [0.25, 0.3) is 0 Å². The molecule has 0 radical (unpaired) electrons. The summed E-state index contributed by atoms with van der Waals surface area (Å²) in [5.41, 5.74) is 1.59. The van der Waals surface area contributed by atoms with Crippen LogP contribution in [0.3, 0.4) is 0 Å². The van der Waals surface area contributed by atoms with Gasteiger partial charge in [0.1, 0.15) is 6.07 Å². The Hall–Kier alpha value is -1.67. The van der Waals surface area contributed by atoms with E-state index in [-0.39, 0.29) is 5.97 Å². The maximum atomic E-state index is 11.1. The predicted octanol–water partition coefficient (Wildman–Crippen LogP) is 2.67. The molecule has 0 N–H and O–H groups in total. The normalized spacial score (nSPS) is 9.79. The van der Waals surface area contributed by atoms with Crippen LogP contribution in [0.4, 0.5) is 5.69 Å². The summed E-state index contributed by atoms with van der Waals surface area (Å²) in [7, 11) is 3.32. The van der Waals surface area contributed by atoms with Gasteiger partial charge in [0.15, 0.2) is 0 Å². The predicted molar refractivity (Wildman–Crippen MR) is 77.5 cm³/mol. The van der Waals surface area contributed by atoms with E-state index in [0.717, 1.165) is 10.6 Å². The maximum absolute atomic E-state index is 11.1. The number of methoxy groups -OCH3 is 1. The number of rotatable bonds is 6. The van der Waals surface area contributed by atoms with E-state index in [1.54, 1.807) is 11.8 Å². The number of nitriles is 1. The topological polar surface area (TPSA) is 53.3 Å². The monoisotopic (exact) mass is 278 g/mol. The van der Waals surface area contributed by atoms with Crippen molar-refractivity contribution >= 4 is 23.4 Å². The van der Waals surface area contributed by atoms with Gasteiger partial charge in [-0.15, -0.1) is 11.8 Å². The first-order valence-electron chi connectivity index (χ1n) is 5.99. The molecule has 1 aromatic carbocycles. The molecule has 0 saturated heterocycles. The fourth-order valence-corrected chi connectivity index (χ4v) is 2.37. The van der Waals surface area contributed by atoms with Crippen LogP contribution in [0.5, 0.6) is 0 Å². The Balaban J connectivity index is 2.74. The number of carbonyl (C=O) groups excluding carboxylic acids is 1. The molecule has 0 fully saturated rings. The van der Waals surface area contributed by atoms with Gasteiger partial charge >= 0.3 is 5.97 Å². The van der Waals surface area contributed by atoms with Crippen molar-refractivity contribution in [3.63, 3.8) is 0 Å². The molecular weight excluding hydrogens is 260 g/mol. The van der Waals surface area contributed by atoms with Crippen LogP contribution in [0.25, 0.3) is 0 Å². The van der Waals surface area contributed by atoms with Crippen molar-refractivity contribution in [2.24, 2.45) is 0 Å². The average Bonchev–Trinajstić information content (AvgIpc) is 2.45. The van der Waals surface area contributed by atoms with Gasteiger partial charge in [0.05, 0.1) is 18.4 Å². The lowest BCUT2D eigenvalue weighted by Gasteiger charge is -2.21. The highest BCUT2D eigenvalue weighted by atomic mass is 32.2. The number of benzene rings is 1. The summed E-state index contributed by atoms with van der Waals surface area (Å²) in [5.74, 6) is -0.202. The quantitative estimate of drug-likeness (QED) is 0.591. The van der Waals surface area contributed by atoms with Crippen molar-refractivity contribution in [3.05, 3.63) is 23.8 Å². The zero-order valence-electron chi connectivity index (χ0n) is 11.5. The number of esters is 1. The molecule has 0 amide bonds. The molecule has 0 aliphatic heterocycles. The molecule has 0 saturated carbocycles. The minimum atomic E-state index is -0.202. The standard InChI is InChI=1S/C14H18N2O2S/c1-16(9-5-8-14(17)18-2)12-6-4-7-13(19-3)11(12)10-15/h4,6-7H,5,8-9H2,1-3H3. The van der Waals surface area contributed by atoms with Crippen LogP contribution in [0.15, 0.2) is 23.1 Å². The molecule has 0 aliphatic carbocycles. The third-order valence-electron chi connectivity index (χ3n) is 2.85. The van der Waals surface area contributed by atoms with E-state index in [4.69, 9.17) is 0 Å². The number of anilines is 1. The van der Waals surface area contributed by atoms with Gasteiger partial charge in [-0.3, -0.25) is 4.79 Å². The molecule has 19 heavy (non-hydrogen) atoms. The van der Waals surface area contributed by atoms with Crippen LogP contribution in [-0.4, -0.2) is 32.9 Å². The first kappa shape index (κ1) is 15.4. The molecule has 0 bridgehead atoms. The minimum Gasteiger partial charge on any atom is -0.469 e. The number of carbonyl (C=O) groups is 1. The Morgan fingerprint density at radius 3 is 2.84 bits per heavy atom. The van der Waals surface area contributed by atoms with Crippen LogP contribution >= 0.6 is 11.8 Å². The number of ether oxygens (including phenoxy) is 1. The highest BCUT2D eigenvalue weighted by molar-refractivity contribution is 7.98. The fourth-order valence-electron chi connectivity index (χ4n) is 1.80. The van der Waals surface area contributed by atoms with E-state index in [1.807, 2.05) is 36.4 Å².